The normalized spacial score (nSPS) is 19.6. The molecular formula is C11H17BrN2O. The lowest BCUT2D eigenvalue weighted by Gasteiger charge is -2.30. The summed E-state index contributed by atoms with van der Waals surface area (Å²) in [5, 5.41) is 0. The first-order valence-electron chi connectivity index (χ1n) is 5.44. The van der Waals surface area contributed by atoms with Crippen molar-refractivity contribution >= 4 is 15.9 Å². The van der Waals surface area contributed by atoms with Crippen molar-refractivity contribution in [3.05, 3.63) is 22.6 Å². The number of nitrogens with two attached hydrogens (primary N) is 1. The van der Waals surface area contributed by atoms with Gasteiger partial charge in [0.1, 0.15) is 5.76 Å². The van der Waals surface area contributed by atoms with Gasteiger partial charge in [0.2, 0.25) is 0 Å². The molecule has 0 radical (unpaired) electrons. The molecule has 1 saturated heterocycles. The summed E-state index contributed by atoms with van der Waals surface area (Å²) < 4.78 is 6.48. The molecule has 84 valence electrons. The molecule has 0 aliphatic carbocycles. The Balaban J connectivity index is 1.85. The molecule has 15 heavy (non-hydrogen) atoms. The molecule has 1 aromatic rings. The van der Waals surface area contributed by atoms with Crippen LogP contribution in [-0.2, 0) is 6.54 Å². The highest BCUT2D eigenvalue weighted by molar-refractivity contribution is 9.10. The Bertz CT molecular complexity index is 305. The number of hydrogen-bond donors (Lipinski definition) is 1. The van der Waals surface area contributed by atoms with Crippen LogP contribution in [0.15, 0.2) is 21.2 Å². The van der Waals surface area contributed by atoms with Gasteiger partial charge in [-0.3, -0.25) is 4.90 Å². The van der Waals surface area contributed by atoms with Gasteiger partial charge in [-0.2, -0.15) is 0 Å². The van der Waals surface area contributed by atoms with Crippen LogP contribution in [0.5, 0.6) is 0 Å². The molecule has 1 aliphatic heterocycles. The van der Waals surface area contributed by atoms with Crippen LogP contribution in [0.2, 0.25) is 0 Å². The van der Waals surface area contributed by atoms with Crippen molar-refractivity contribution in [1.29, 1.82) is 0 Å². The van der Waals surface area contributed by atoms with E-state index in [1.54, 1.807) is 6.26 Å². The molecule has 3 nitrogen and oxygen atoms in total. The summed E-state index contributed by atoms with van der Waals surface area (Å²) in [6.07, 6.45) is 4.16. The number of likely N-dealkylation sites (tertiary alicyclic amines) is 1. The number of furan rings is 1. The number of hydrogen-bond acceptors (Lipinski definition) is 3. The maximum Gasteiger partial charge on any atom is 0.131 e. The van der Waals surface area contributed by atoms with Crippen LogP contribution < -0.4 is 5.73 Å². The first-order valence-corrected chi connectivity index (χ1v) is 6.23. The Labute approximate surface area is 98.7 Å². The summed E-state index contributed by atoms with van der Waals surface area (Å²) in [4.78, 5) is 2.43. The SMILES string of the molecule is NCC1CCN(Cc2occc2Br)CC1. The van der Waals surface area contributed by atoms with Crippen molar-refractivity contribution in [3.63, 3.8) is 0 Å². The summed E-state index contributed by atoms with van der Waals surface area (Å²) in [6, 6.07) is 1.95. The number of halogens is 1. The standard InChI is InChI=1S/C11H17BrN2O/c12-10-3-6-15-11(10)8-14-4-1-9(7-13)2-5-14/h3,6,9H,1-2,4-5,7-8,13H2. The molecule has 0 spiro atoms. The maximum absolute atomic E-state index is 5.66. The van der Waals surface area contributed by atoms with Gasteiger partial charge in [0.15, 0.2) is 0 Å². The van der Waals surface area contributed by atoms with Crippen molar-refractivity contribution in [2.24, 2.45) is 11.7 Å². The zero-order valence-corrected chi connectivity index (χ0v) is 10.4. The minimum absolute atomic E-state index is 0.723. The molecule has 0 unspecified atom stereocenters. The second-order valence-electron chi connectivity index (χ2n) is 4.15. The quantitative estimate of drug-likeness (QED) is 0.918. The Morgan fingerprint density at radius 3 is 2.73 bits per heavy atom. The van der Waals surface area contributed by atoms with Crippen molar-refractivity contribution < 1.29 is 4.42 Å². The van der Waals surface area contributed by atoms with Crippen LogP contribution in [0.1, 0.15) is 18.6 Å². The minimum Gasteiger partial charge on any atom is -0.467 e. The topological polar surface area (TPSA) is 42.4 Å². The Morgan fingerprint density at radius 2 is 2.20 bits per heavy atom. The van der Waals surface area contributed by atoms with Gasteiger partial charge in [0, 0.05) is 0 Å². The zero-order chi connectivity index (χ0) is 10.7. The molecule has 0 saturated carbocycles. The summed E-state index contributed by atoms with van der Waals surface area (Å²) in [7, 11) is 0. The summed E-state index contributed by atoms with van der Waals surface area (Å²) in [6.45, 7) is 4.01. The molecule has 0 aromatic carbocycles. The Morgan fingerprint density at radius 1 is 1.47 bits per heavy atom. The van der Waals surface area contributed by atoms with Gasteiger partial charge in [0.25, 0.3) is 0 Å². The average molecular weight is 273 g/mol. The van der Waals surface area contributed by atoms with E-state index in [9.17, 15) is 0 Å². The molecule has 1 fully saturated rings. The van der Waals surface area contributed by atoms with Crippen molar-refractivity contribution in [2.75, 3.05) is 19.6 Å². The van der Waals surface area contributed by atoms with Gasteiger partial charge in [-0.15, -0.1) is 0 Å². The second-order valence-corrected chi connectivity index (χ2v) is 5.00. The van der Waals surface area contributed by atoms with E-state index >= 15 is 0 Å². The fourth-order valence-corrected chi connectivity index (χ4v) is 2.35. The van der Waals surface area contributed by atoms with Crippen molar-refractivity contribution in [3.8, 4) is 0 Å². The highest BCUT2D eigenvalue weighted by Gasteiger charge is 2.19. The monoisotopic (exact) mass is 272 g/mol. The van der Waals surface area contributed by atoms with Gasteiger partial charge in [-0.05, 0) is 60.4 Å². The molecule has 0 amide bonds. The summed E-state index contributed by atoms with van der Waals surface area (Å²) in [5.41, 5.74) is 5.66. The maximum atomic E-state index is 5.66. The first kappa shape index (κ1) is 11.2. The van der Waals surface area contributed by atoms with Gasteiger partial charge < -0.3 is 10.2 Å². The van der Waals surface area contributed by atoms with Crippen LogP contribution in [-0.4, -0.2) is 24.5 Å². The fourth-order valence-electron chi connectivity index (χ4n) is 2.02. The van der Waals surface area contributed by atoms with E-state index in [-0.39, 0.29) is 0 Å². The van der Waals surface area contributed by atoms with Crippen molar-refractivity contribution in [1.82, 2.24) is 4.90 Å². The third-order valence-corrected chi connectivity index (χ3v) is 3.81. The van der Waals surface area contributed by atoms with Crippen LogP contribution >= 0.6 is 15.9 Å². The lowest BCUT2D eigenvalue weighted by atomic mass is 9.97. The minimum atomic E-state index is 0.723. The van der Waals surface area contributed by atoms with Crippen molar-refractivity contribution in [2.45, 2.75) is 19.4 Å². The third kappa shape index (κ3) is 2.83. The average Bonchev–Trinajstić information content (AvgIpc) is 2.66. The van der Waals surface area contributed by atoms with Gasteiger partial charge in [-0.25, -0.2) is 0 Å². The molecule has 1 aliphatic rings. The van der Waals surface area contributed by atoms with Crippen LogP contribution in [0, 0.1) is 5.92 Å². The van der Waals surface area contributed by atoms with Crippen LogP contribution in [0.3, 0.4) is 0 Å². The Kier molecular flexibility index (Phi) is 3.83. The van der Waals surface area contributed by atoms with Gasteiger partial charge in [-0.1, -0.05) is 0 Å². The predicted octanol–water partition coefficient (Wildman–Crippen LogP) is 2.21. The fraction of sp³-hybridized carbons (Fsp3) is 0.636. The van der Waals surface area contributed by atoms with Crippen LogP contribution in [0.25, 0.3) is 0 Å². The molecule has 2 heterocycles. The Hall–Kier alpha value is -0.320. The molecule has 2 rings (SSSR count). The van der Waals surface area contributed by atoms with E-state index in [1.807, 2.05) is 6.07 Å². The molecule has 0 bridgehead atoms. The zero-order valence-electron chi connectivity index (χ0n) is 8.79. The summed E-state index contributed by atoms with van der Waals surface area (Å²) >= 11 is 3.48. The van der Waals surface area contributed by atoms with Gasteiger partial charge in [0.05, 0.1) is 17.3 Å². The largest absolute Gasteiger partial charge is 0.467 e. The third-order valence-electron chi connectivity index (χ3n) is 3.10. The van der Waals surface area contributed by atoms with Gasteiger partial charge >= 0.3 is 0 Å². The smallest absolute Gasteiger partial charge is 0.131 e. The molecule has 2 N–H and O–H groups in total. The predicted molar refractivity (Wildman–Crippen MR) is 63.5 cm³/mol. The van der Waals surface area contributed by atoms with E-state index in [1.165, 1.54) is 12.8 Å². The van der Waals surface area contributed by atoms with E-state index in [4.69, 9.17) is 10.2 Å². The van der Waals surface area contributed by atoms with E-state index in [0.717, 1.165) is 42.3 Å². The number of rotatable bonds is 3. The lowest BCUT2D eigenvalue weighted by molar-refractivity contribution is 0.169. The highest BCUT2D eigenvalue weighted by atomic mass is 79.9. The molecule has 4 heteroatoms. The molecule has 1 aromatic heterocycles. The van der Waals surface area contributed by atoms with E-state index < -0.39 is 0 Å². The van der Waals surface area contributed by atoms with E-state index in [2.05, 4.69) is 20.8 Å². The molecular weight excluding hydrogens is 256 g/mol. The highest BCUT2D eigenvalue weighted by Crippen LogP contribution is 2.22. The van der Waals surface area contributed by atoms with E-state index in [0.29, 0.717) is 0 Å². The number of nitrogens with zero attached hydrogens (tertiary/aromatic N) is 1. The number of piperidine rings is 1. The molecule has 0 atom stereocenters. The summed E-state index contributed by atoms with van der Waals surface area (Å²) in [5.74, 6) is 1.75. The first-order chi connectivity index (χ1) is 7.29. The van der Waals surface area contributed by atoms with Crippen LogP contribution in [0.4, 0.5) is 0 Å². The lowest BCUT2D eigenvalue weighted by Crippen LogP contribution is -2.35. The second kappa shape index (κ2) is 5.14.